The summed E-state index contributed by atoms with van der Waals surface area (Å²) in [6.07, 6.45) is 0.534. The van der Waals surface area contributed by atoms with Crippen molar-refractivity contribution in [2.24, 2.45) is 0 Å². The number of rotatable bonds is 6. The summed E-state index contributed by atoms with van der Waals surface area (Å²) in [7, 11) is -3.57. The molecule has 1 aromatic rings. The van der Waals surface area contributed by atoms with Gasteiger partial charge in [0.15, 0.2) is 0 Å². The third kappa shape index (κ3) is 3.58. The van der Waals surface area contributed by atoms with Gasteiger partial charge in [-0.15, -0.1) is 23.2 Å². The van der Waals surface area contributed by atoms with Crippen molar-refractivity contribution >= 4 is 33.2 Å². The van der Waals surface area contributed by atoms with Crippen molar-refractivity contribution in [2.45, 2.75) is 23.8 Å². The van der Waals surface area contributed by atoms with Gasteiger partial charge in [0.1, 0.15) is 0 Å². The maximum Gasteiger partial charge on any atom is 0.241 e. The second kappa shape index (κ2) is 6.05. The van der Waals surface area contributed by atoms with Crippen molar-refractivity contribution in [1.29, 1.82) is 0 Å². The lowest BCUT2D eigenvalue weighted by Gasteiger charge is -2.29. The SMILES string of the molecule is CCC(CCl)(CCl)NS(=O)(=O)c1ccccc1. The van der Waals surface area contributed by atoms with E-state index < -0.39 is 15.6 Å². The molecule has 0 spiro atoms. The Labute approximate surface area is 112 Å². The monoisotopic (exact) mass is 295 g/mol. The summed E-state index contributed by atoms with van der Waals surface area (Å²) in [5, 5.41) is 0. The van der Waals surface area contributed by atoms with Crippen LogP contribution >= 0.6 is 23.2 Å². The molecular weight excluding hydrogens is 281 g/mol. The van der Waals surface area contributed by atoms with E-state index in [1.165, 1.54) is 12.1 Å². The summed E-state index contributed by atoms with van der Waals surface area (Å²) >= 11 is 11.6. The molecule has 0 aliphatic heterocycles. The molecule has 0 aliphatic carbocycles. The first-order chi connectivity index (χ1) is 7.99. The maximum absolute atomic E-state index is 12.1. The average Bonchev–Trinajstić information content (AvgIpc) is 2.37. The van der Waals surface area contributed by atoms with Crippen molar-refractivity contribution < 1.29 is 8.42 Å². The van der Waals surface area contributed by atoms with Gasteiger partial charge in [0, 0.05) is 11.8 Å². The second-order valence-corrected chi connectivity index (χ2v) is 6.04. The van der Waals surface area contributed by atoms with Gasteiger partial charge < -0.3 is 0 Å². The van der Waals surface area contributed by atoms with Crippen LogP contribution in [0.3, 0.4) is 0 Å². The Kier molecular flexibility index (Phi) is 5.25. The molecular formula is C11H15Cl2NO2S. The summed E-state index contributed by atoms with van der Waals surface area (Å²) < 4.78 is 26.8. The predicted molar refractivity (Wildman–Crippen MR) is 71.2 cm³/mol. The first-order valence-corrected chi connectivity index (χ1v) is 7.76. The van der Waals surface area contributed by atoms with Crippen LogP contribution in [0.25, 0.3) is 0 Å². The highest BCUT2D eigenvalue weighted by Crippen LogP contribution is 2.19. The van der Waals surface area contributed by atoms with E-state index in [9.17, 15) is 8.42 Å². The van der Waals surface area contributed by atoms with E-state index in [1.54, 1.807) is 18.2 Å². The molecule has 6 heteroatoms. The molecule has 96 valence electrons. The van der Waals surface area contributed by atoms with E-state index in [-0.39, 0.29) is 16.7 Å². The Hall–Kier alpha value is -0.290. The van der Waals surface area contributed by atoms with Crippen molar-refractivity contribution in [3.05, 3.63) is 30.3 Å². The molecule has 0 saturated heterocycles. The fourth-order valence-corrected chi connectivity index (χ4v) is 3.74. The third-order valence-electron chi connectivity index (χ3n) is 2.59. The number of alkyl halides is 2. The van der Waals surface area contributed by atoms with Crippen LogP contribution in [0, 0.1) is 0 Å². The van der Waals surface area contributed by atoms with Gasteiger partial charge in [0.2, 0.25) is 10.0 Å². The van der Waals surface area contributed by atoms with Crippen LogP contribution in [0.15, 0.2) is 35.2 Å². The van der Waals surface area contributed by atoms with E-state index in [0.29, 0.717) is 6.42 Å². The largest absolute Gasteiger partial charge is 0.241 e. The van der Waals surface area contributed by atoms with E-state index in [2.05, 4.69) is 4.72 Å². The normalized spacial score (nSPS) is 12.6. The fourth-order valence-electron chi connectivity index (χ4n) is 1.30. The molecule has 0 bridgehead atoms. The summed E-state index contributed by atoms with van der Waals surface area (Å²) in [6, 6.07) is 8.17. The second-order valence-electron chi connectivity index (χ2n) is 3.82. The topological polar surface area (TPSA) is 46.2 Å². The van der Waals surface area contributed by atoms with Gasteiger partial charge in [-0.05, 0) is 18.6 Å². The summed E-state index contributed by atoms with van der Waals surface area (Å²) in [4.78, 5) is 0.216. The number of hydrogen-bond donors (Lipinski definition) is 1. The zero-order chi connectivity index (χ0) is 12.9. The van der Waals surface area contributed by atoms with Gasteiger partial charge in [-0.25, -0.2) is 13.1 Å². The molecule has 0 unspecified atom stereocenters. The van der Waals surface area contributed by atoms with Gasteiger partial charge in [0.05, 0.1) is 10.4 Å². The smallest absolute Gasteiger partial charge is 0.207 e. The van der Waals surface area contributed by atoms with E-state index in [0.717, 1.165) is 0 Å². The van der Waals surface area contributed by atoms with Crippen molar-refractivity contribution in [2.75, 3.05) is 11.8 Å². The number of nitrogens with one attached hydrogen (secondary N) is 1. The van der Waals surface area contributed by atoms with Crippen LogP contribution in [0.1, 0.15) is 13.3 Å². The number of benzene rings is 1. The lowest BCUT2D eigenvalue weighted by Crippen LogP contribution is -2.51. The number of sulfonamides is 1. The molecule has 17 heavy (non-hydrogen) atoms. The summed E-state index contributed by atoms with van der Waals surface area (Å²) in [5.41, 5.74) is -0.794. The molecule has 0 saturated carbocycles. The van der Waals surface area contributed by atoms with Crippen LogP contribution < -0.4 is 4.72 Å². The van der Waals surface area contributed by atoms with Crippen LogP contribution in [0.5, 0.6) is 0 Å². The minimum Gasteiger partial charge on any atom is -0.207 e. The highest BCUT2D eigenvalue weighted by Gasteiger charge is 2.32. The van der Waals surface area contributed by atoms with Crippen LogP contribution in [0.2, 0.25) is 0 Å². The molecule has 0 fully saturated rings. The lowest BCUT2D eigenvalue weighted by molar-refractivity contribution is 0.449. The molecule has 1 N–H and O–H groups in total. The average molecular weight is 296 g/mol. The number of hydrogen-bond acceptors (Lipinski definition) is 2. The van der Waals surface area contributed by atoms with E-state index in [1.807, 2.05) is 6.92 Å². The highest BCUT2D eigenvalue weighted by atomic mass is 35.5. The zero-order valence-corrected chi connectivity index (χ0v) is 11.8. The zero-order valence-electron chi connectivity index (χ0n) is 9.49. The van der Waals surface area contributed by atoms with Gasteiger partial charge >= 0.3 is 0 Å². The minimum absolute atomic E-state index is 0.138. The third-order valence-corrected chi connectivity index (χ3v) is 5.21. The number of halogens is 2. The van der Waals surface area contributed by atoms with Gasteiger partial charge in [-0.2, -0.15) is 0 Å². The Morgan fingerprint density at radius 3 is 2.12 bits per heavy atom. The van der Waals surface area contributed by atoms with Crippen LogP contribution in [-0.2, 0) is 10.0 Å². The van der Waals surface area contributed by atoms with Crippen molar-refractivity contribution in [3.8, 4) is 0 Å². The molecule has 3 nitrogen and oxygen atoms in total. The molecule has 0 aliphatic rings. The Morgan fingerprint density at radius 1 is 1.18 bits per heavy atom. The molecule has 0 atom stereocenters. The quantitative estimate of drug-likeness (QED) is 0.820. The standard InChI is InChI=1S/C11H15Cl2NO2S/c1-2-11(8-12,9-13)14-17(15,16)10-6-4-3-5-7-10/h3-7,14H,2,8-9H2,1H3. The van der Waals surface area contributed by atoms with Gasteiger partial charge in [-0.1, -0.05) is 25.1 Å². The predicted octanol–water partition coefficient (Wildman–Crippen LogP) is 2.59. The van der Waals surface area contributed by atoms with E-state index in [4.69, 9.17) is 23.2 Å². The first kappa shape index (κ1) is 14.8. The molecule has 0 radical (unpaired) electrons. The van der Waals surface area contributed by atoms with Gasteiger partial charge in [0.25, 0.3) is 0 Å². The van der Waals surface area contributed by atoms with Gasteiger partial charge in [-0.3, -0.25) is 0 Å². The molecule has 0 amide bonds. The minimum atomic E-state index is -3.57. The summed E-state index contributed by atoms with van der Waals surface area (Å²) in [5.74, 6) is 0.276. The van der Waals surface area contributed by atoms with Crippen molar-refractivity contribution in [1.82, 2.24) is 4.72 Å². The summed E-state index contributed by atoms with van der Waals surface area (Å²) in [6.45, 7) is 1.85. The molecule has 0 heterocycles. The first-order valence-electron chi connectivity index (χ1n) is 5.20. The van der Waals surface area contributed by atoms with Crippen LogP contribution in [0.4, 0.5) is 0 Å². The molecule has 1 aromatic carbocycles. The lowest BCUT2D eigenvalue weighted by atomic mass is 10.0. The maximum atomic E-state index is 12.1. The Bertz CT molecular complexity index is 436. The molecule has 0 aromatic heterocycles. The Balaban J connectivity index is 3.01. The highest BCUT2D eigenvalue weighted by molar-refractivity contribution is 7.89. The Morgan fingerprint density at radius 2 is 1.71 bits per heavy atom. The van der Waals surface area contributed by atoms with E-state index >= 15 is 0 Å². The van der Waals surface area contributed by atoms with Crippen LogP contribution in [-0.4, -0.2) is 25.7 Å². The van der Waals surface area contributed by atoms with Crippen molar-refractivity contribution in [3.63, 3.8) is 0 Å². The molecule has 1 rings (SSSR count). The fraction of sp³-hybridized carbons (Fsp3) is 0.455.